The Bertz CT molecular complexity index is 527. The van der Waals surface area contributed by atoms with E-state index in [9.17, 15) is 8.42 Å². The van der Waals surface area contributed by atoms with Crippen molar-refractivity contribution in [2.75, 3.05) is 24.6 Å². The van der Waals surface area contributed by atoms with Crippen LogP contribution in [-0.2, 0) is 16.3 Å². The van der Waals surface area contributed by atoms with Gasteiger partial charge < -0.3 is 5.32 Å². The molecule has 0 radical (unpaired) electrons. The van der Waals surface area contributed by atoms with Crippen LogP contribution in [0, 0.1) is 11.8 Å². The monoisotopic (exact) mass is 379 g/mol. The first-order valence-corrected chi connectivity index (χ1v) is 10.6. The quantitative estimate of drug-likeness (QED) is 0.740. The van der Waals surface area contributed by atoms with Crippen LogP contribution in [0.4, 0.5) is 0 Å². The Morgan fingerprint density at radius 1 is 1.50 bits per heavy atom. The Labute approximate surface area is 134 Å². The molecule has 1 fully saturated rings. The largest absolute Gasteiger partial charge is 0.316 e. The first-order chi connectivity index (χ1) is 9.50. The lowest BCUT2D eigenvalue weighted by Gasteiger charge is -2.22. The van der Waals surface area contributed by atoms with Gasteiger partial charge in [-0.05, 0) is 72.3 Å². The second-order valence-corrected chi connectivity index (χ2v) is 10.3. The van der Waals surface area contributed by atoms with Gasteiger partial charge in [-0.15, -0.1) is 11.3 Å². The molecule has 2 unspecified atom stereocenters. The molecule has 1 aromatic heterocycles. The molecule has 1 N–H and O–H groups in total. The fourth-order valence-electron chi connectivity index (χ4n) is 2.79. The lowest BCUT2D eigenvalue weighted by Crippen LogP contribution is -2.31. The predicted molar refractivity (Wildman–Crippen MR) is 89.1 cm³/mol. The van der Waals surface area contributed by atoms with E-state index in [0.29, 0.717) is 23.3 Å². The lowest BCUT2D eigenvalue weighted by atomic mass is 9.88. The van der Waals surface area contributed by atoms with Crippen molar-refractivity contribution in [3.8, 4) is 0 Å². The molecule has 3 nitrogen and oxygen atoms in total. The standard InChI is InChI=1S/C14H22BrNO2S2/c1-2-6-16-9-12(8-13-3-4-14(15)19-13)11-5-7-20(17,18)10-11/h3-4,11-12,16H,2,5-10H2,1H3. The molecule has 1 saturated heterocycles. The van der Waals surface area contributed by atoms with E-state index in [-0.39, 0.29) is 0 Å². The summed E-state index contributed by atoms with van der Waals surface area (Å²) in [6, 6.07) is 4.22. The summed E-state index contributed by atoms with van der Waals surface area (Å²) in [5.41, 5.74) is 0. The molecule has 1 aliphatic heterocycles. The van der Waals surface area contributed by atoms with E-state index in [0.717, 1.165) is 36.1 Å². The number of hydrogen-bond donors (Lipinski definition) is 1. The van der Waals surface area contributed by atoms with Gasteiger partial charge in [0.05, 0.1) is 15.3 Å². The molecule has 1 aromatic rings. The van der Waals surface area contributed by atoms with Gasteiger partial charge in [-0.1, -0.05) is 6.92 Å². The summed E-state index contributed by atoms with van der Waals surface area (Å²) in [7, 11) is -2.79. The molecule has 114 valence electrons. The molecule has 2 atom stereocenters. The summed E-state index contributed by atoms with van der Waals surface area (Å²) in [5.74, 6) is 1.48. The maximum absolute atomic E-state index is 11.7. The minimum atomic E-state index is -2.79. The second-order valence-electron chi connectivity index (χ2n) is 5.54. The smallest absolute Gasteiger partial charge is 0.150 e. The SMILES string of the molecule is CCCNCC(Cc1ccc(Br)s1)C1CCS(=O)(=O)C1. The molecule has 2 heterocycles. The number of halogens is 1. The van der Waals surface area contributed by atoms with Gasteiger partial charge in [-0.25, -0.2) is 8.42 Å². The molecule has 0 aromatic carbocycles. The van der Waals surface area contributed by atoms with Gasteiger partial charge in [0.15, 0.2) is 9.84 Å². The van der Waals surface area contributed by atoms with Gasteiger partial charge in [0.2, 0.25) is 0 Å². The summed E-state index contributed by atoms with van der Waals surface area (Å²) in [4.78, 5) is 1.34. The fraction of sp³-hybridized carbons (Fsp3) is 0.714. The molecule has 2 rings (SSSR count). The molecule has 0 bridgehead atoms. The van der Waals surface area contributed by atoms with Crippen molar-refractivity contribution in [3.05, 3.63) is 20.8 Å². The van der Waals surface area contributed by atoms with Crippen LogP contribution in [-0.4, -0.2) is 33.0 Å². The molecule has 0 aliphatic carbocycles. The first-order valence-electron chi connectivity index (χ1n) is 7.15. The highest BCUT2D eigenvalue weighted by molar-refractivity contribution is 9.11. The van der Waals surface area contributed by atoms with Gasteiger partial charge >= 0.3 is 0 Å². The van der Waals surface area contributed by atoms with Crippen molar-refractivity contribution in [2.24, 2.45) is 11.8 Å². The molecular weight excluding hydrogens is 358 g/mol. The summed E-state index contributed by atoms with van der Waals surface area (Å²) >= 11 is 5.25. The van der Waals surface area contributed by atoms with E-state index >= 15 is 0 Å². The summed E-state index contributed by atoms with van der Waals surface area (Å²) in [6.07, 6.45) is 2.92. The molecule has 20 heavy (non-hydrogen) atoms. The van der Waals surface area contributed by atoms with Crippen molar-refractivity contribution in [3.63, 3.8) is 0 Å². The first kappa shape index (κ1) is 16.5. The maximum atomic E-state index is 11.7. The van der Waals surface area contributed by atoms with Crippen molar-refractivity contribution in [2.45, 2.75) is 26.2 Å². The number of thiophene rings is 1. The molecule has 1 aliphatic rings. The highest BCUT2D eigenvalue weighted by Crippen LogP contribution is 2.31. The van der Waals surface area contributed by atoms with Crippen LogP contribution in [0.1, 0.15) is 24.6 Å². The third-order valence-corrected chi connectivity index (χ3v) is 7.30. The fourth-order valence-corrected chi connectivity index (χ4v) is 6.28. The topological polar surface area (TPSA) is 46.2 Å². The van der Waals surface area contributed by atoms with E-state index in [2.05, 4.69) is 40.3 Å². The molecule has 0 saturated carbocycles. The third-order valence-electron chi connectivity index (χ3n) is 3.86. The lowest BCUT2D eigenvalue weighted by molar-refractivity contribution is 0.345. The molecule has 0 spiro atoms. The molecule has 6 heteroatoms. The minimum Gasteiger partial charge on any atom is -0.316 e. The van der Waals surface area contributed by atoms with E-state index < -0.39 is 9.84 Å². The Morgan fingerprint density at radius 3 is 2.85 bits per heavy atom. The minimum absolute atomic E-state index is 0.310. The number of rotatable bonds is 7. The second kappa shape index (κ2) is 7.38. The normalized spacial score (nSPS) is 23.0. The summed E-state index contributed by atoms with van der Waals surface area (Å²) in [6.45, 7) is 4.08. The zero-order valence-corrected chi connectivity index (χ0v) is 15.0. The third kappa shape index (κ3) is 4.83. The van der Waals surface area contributed by atoms with Gasteiger partial charge in [-0.3, -0.25) is 0 Å². The summed E-state index contributed by atoms with van der Waals surface area (Å²) in [5, 5.41) is 3.46. The van der Waals surface area contributed by atoms with Gasteiger partial charge in [0.1, 0.15) is 0 Å². The Balaban J connectivity index is 2.00. The number of hydrogen-bond acceptors (Lipinski definition) is 4. The van der Waals surface area contributed by atoms with Crippen LogP contribution in [0.2, 0.25) is 0 Å². The average molecular weight is 380 g/mol. The Kier molecular flexibility index (Phi) is 6.08. The van der Waals surface area contributed by atoms with E-state index in [1.807, 2.05) is 0 Å². The van der Waals surface area contributed by atoms with Crippen molar-refractivity contribution >= 4 is 37.1 Å². The zero-order chi connectivity index (χ0) is 14.6. The van der Waals surface area contributed by atoms with Gasteiger partial charge in [0.25, 0.3) is 0 Å². The zero-order valence-electron chi connectivity index (χ0n) is 11.8. The Hall–Kier alpha value is 0.0900. The van der Waals surface area contributed by atoms with Crippen LogP contribution in [0.25, 0.3) is 0 Å². The molecular formula is C14H22BrNO2S2. The van der Waals surface area contributed by atoms with Crippen LogP contribution in [0.3, 0.4) is 0 Å². The van der Waals surface area contributed by atoms with Crippen LogP contribution in [0.15, 0.2) is 15.9 Å². The highest BCUT2D eigenvalue weighted by Gasteiger charge is 2.33. The summed E-state index contributed by atoms with van der Waals surface area (Å²) < 4.78 is 24.6. The average Bonchev–Trinajstić information content (AvgIpc) is 2.94. The van der Waals surface area contributed by atoms with Crippen molar-refractivity contribution in [1.29, 1.82) is 0 Å². The number of nitrogens with one attached hydrogen (secondary N) is 1. The molecule has 0 amide bonds. The van der Waals surface area contributed by atoms with Crippen LogP contribution < -0.4 is 5.32 Å². The van der Waals surface area contributed by atoms with E-state index in [1.165, 1.54) is 4.88 Å². The predicted octanol–water partition coefficient (Wildman–Crippen LogP) is 3.10. The van der Waals surface area contributed by atoms with Crippen LogP contribution in [0.5, 0.6) is 0 Å². The maximum Gasteiger partial charge on any atom is 0.150 e. The Morgan fingerprint density at radius 2 is 2.30 bits per heavy atom. The van der Waals surface area contributed by atoms with Crippen LogP contribution >= 0.6 is 27.3 Å². The van der Waals surface area contributed by atoms with Crippen molar-refractivity contribution in [1.82, 2.24) is 5.32 Å². The number of sulfone groups is 1. The van der Waals surface area contributed by atoms with E-state index in [4.69, 9.17) is 0 Å². The van der Waals surface area contributed by atoms with Crippen molar-refractivity contribution < 1.29 is 8.42 Å². The van der Waals surface area contributed by atoms with E-state index in [1.54, 1.807) is 11.3 Å². The van der Waals surface area contributed by atoms with Gasteiger partial charge in [-0.2, -0.15) is 0 Å². The highest BCUT2D eigenvalue weighted by atomic mass is 79.9. The van der Waals surface area contributed by atoms with Gasteiger partial charge in [0, 0.05) is 4.88 Å².